The molecule has 0 spiro atoms. The van der Waals surface area contributed by atoms with E-state index in [0.29, 0.717) is 5.57 Å². The van der Waals surface area contributed by atoms with E-state index < -0.39 is 6.10 Å². The number of rotatable bonds is 4. The minimum atomic E-state index is -0.393. The maximum Gasteiger partial charge on any atom is 0.334 e. The van der Waals surface area contributed by atoms with Crippen molar-refractivity contribution in [1.82, 2.24) is 0 Å². The van der Waals surface area contributed by atoms with E-state index in [4.69, 9.17) is 13.9 Å². The van der Waals surface area contributed by atoms with Crippen LogP contribution >= 0.6 is 0 Å². The lowest BCUT2D eigenvalue weighted by molar-refractivity contribution is -0.176. The fraction of sp³-hybridized carbons (Fsp3) is 0.680. The Hall–Kier alpha value is -2.04. The smallest absolute Gasteiger partial charge is 0.334 e. The van der Waals surface area contributed by atoms with E-state index in [0.717, 1.165) is 37.7 Å². The number of hydrogen-bond donors (Lipinski definition) is 0. The molecule has 2 aliphatic carbocycles. The number of hydrogen-bond acceptors (Lipinski definition) is 5. The molecule has 1 saturated heterocycles. The molecule has 5 heteroatoms. The third-order valence-electron chi connectivity index (χ3n) is 8.05. The molecule has 0 amide bonds. The highest BCUT2D eigenvalue weighted by atomic mass is 16.6. The van der Waals surface area contributed by atoms with Crippen LogP contribution in [0.3, 0.4) is 0 Å². The number of fused-ring (bicyclic) bond motifs is 3. The molecule has 6 unspecified atom stereocenters. The van der Waals surface area contributed by atoms with Gasteiger partial charge in [-0.15, -0.1) is 0 Å². The Bertz CT molecular complexity index is 836. The van der Waals surface area contributed by atoms with Crippen molar-refractivity contribution in [3.05, 3.63) is 35.8 Å². The van der Waals surface area contributed by atoms with Crippen molar-refractivity contribution in [2.24, 2.45) is 28.6 Å². The first-order chi connectivity index (χ1) is 14.2. The molecule has 1 aliphatic heterocycles. The summed E-state index contributed by atoms with van der Waals surface area (Å²) in [7, 11) is 0. The second-order valence-corrected chi connectivity index (χ2v) is 10.4. The van der Waals surface area contributed by atoms with Crippen LogP contribution in [-0.2, 0) is 19.1 Å². The highest BCUT2D eigenvalue weighted by Crippen LogP contribution is 2.63. The summed E-state index contributed by atoms with van der Waals surface area (Å²) < 4.78 is 17.1. The van der Waals surface area contributed by atoms with Gasteiger partial charge >= 0.3 is 11.9 Å². The Morgan fingerprint density at radius 3 is 2.73 bits per heavy atom. The first kappa shape index (κ1) is 21.2. The number of esters is 2. The van der Waals surface area contributed by atoms with Crippen molar-refractivity contribution >= 4 is 11.9 Å². The van der Waals surface area contributed by atoms with Crippen LogP contribution in [0.4, 0.5) is 0 Å². The van der Waals surface area contributed by atoms with Gasteiger partial charge in [-0.2, -0.15) is 0 Å². The van der Waals surface area contributed by atoms with E-state index in [9.17, 15) is 9.59 Å². The number of furan rings is 1. The molecule has 0 bridgehead atoms. The first-order valence-corrected chi connectivity index (χ1v) is 11.3. The van der Waals surface area contributed by atoms with Gasteiger partial charge in [0.15, 0.2) is 0 Å². The van der Waals surface area contributed by atoms with Crippen molar-refractivity contribution in [1.29, 1.82) is 0 Å². The summed E-state index contributed by atoms with van der Waals surface area (Å²) in [6.07, 6.45) is 9.22. The molecule has 1 aromatic rings. The maximum absolute atomic E-state index is 13.1. The normalized spacial score (nSPS) is 36.0. The highest BCUT2D eigenvalue weighted by Gasteiger charge is 2.60. The standard InChI is InChI=1S/C25H34O5/c1-6-15(2)22(26)30-20-12-17-18(25(5)10-7-9-24(3,4)21(20)25)13-19(29-23(17)27)16-8-11-28-14-16/h8,11-12,14-15,18-21H,6-7,9-10,13H2,1-5H3. The number of carbonyl (C=O) groups excluding carboxylic acids is 2. The monoisotopic (exact) mass is 414 g/mol. The molecule has 5 nitrogen and oxygen atoms in total. The Morgan fingerprint density at radius 1 is 1.30 bits per heavy atom. The van der Waals surface area contributed by atoms with Crippen LogP contribution in [0.25, 0.3) is 0 Å². The van der Waals surface area contributed by atoms with Crippen LogP contribution < -0.4 is 0 Å². The predicted octanol–water partition coefficient (Wildman–Crippen LogP) is 5.61. The van der Waals surface area contributed by atoms with Crippen LogP contribution in [-0.4, -0.2) is 18.0 Å². The summed E-state index contributed by atoms with van der Waals surface area (Å²) in [6, 6.07) is 1.87. The SMILES string of the molecule is CCC(C)C(=O)OC1C=C2C(=O)OC(c3ccoc3)CC2C2(C)CCCC(C)(C)C12. The van der Waals surface area contributed by atoms with Gasteiger partial charge < -0.3 is 13.9 Å². The Labute approximate surface area is 179 Å². The largest absolute Gasteiger partial charge is 0.472 e. The maximum atomic E-state index is 13.1. The van der Waals surface area contributed by atoms with E-state index in [1.165, 1.54) is 0 Å². The van der Waals surface area contributed by atoms with Gasteiger partial charge in [-0.05, 0) is 48.7 Å². The summed E-state index contributed by atoms with van der Waals surface area (Å²) in [5, 5.41) is 0. The van der Waals surface area contributed by atoms with Gasteiger partial charge in [0.05, 0.1) is 18.4 Å². The molecule has 4 rings (SSSR count). The molecule has 2 heterocycles. The quantitative estimate of drug-likeness (QED) is 0.599. The fourth-order valence-electron chi connectivity index (χ4n) is 6.33. The lowest BCUT2D eigenvalue weighted by atomic mass is 9.47. The number of cyclic esters (lactones) is 1. The van der Waals surface area contributed by atoms with Crippen molar-refractivity contribution in [3.8, 4) is 0 Å². The summed E-state index contributed by atoms with van der Waals surface area (Å²) in [5.41, 5.74) is 1.48. The molecule has 1 aromatic heterocycles. The molecular weight excluding hydrogens is 380 g/mol. The third-order valence-corrected chi connectivity index (χ3v) is 8.05. The summed E-state index contributed by atoms with van der Waals surface area (Å²) >= 11 is 0. The second kappa shape index (κ2) is 7.58. The van der Waals surface area contributed by atoms with E-state index in [-0.39, 0.29) is 46.6 Å². The van der Waals surface area contributed by atoms with E-state index in [2.05, 4.69) is 20.8 Å². The van der Waals surface area contributed by atoms with Crippen LogP contribution in [0.2, 0.25) is 0 Å². The van der Waals surface area contributed by atoms with Crippen molar-refractivity contribution in [2.75, 3.05) is 0 Å². The zero-order valence-electron chi connectivity index (χ0n) is 18.8. The van der Waals surface area contributed by atoms with Crippen LogP contribution in [0.15, 0.2) is 34.7 Å². The summed E-state index contributed by atoms with van der Waals surface area (Å²) in [5.74, 6) is -0.367. The number of ether oxygens (including phenoxy) is 2. The zero-order chi connectivity index (χ0) is 21.7. The van der Waals surface area contributed by atoms with Crippen molar-refractivity contribution in [2.45, 2.75) is 78.9 Å². The predicted molar refractivity (Wildman–Crippen MR) is 112 cm³/mol. The van der Waals surface area contributed by atoms with Gasteiger partial charge in [0.25, 0.3) is 0 Å². The Morgan fingerprint density at radius 2 is 2.07 bits per heavy atom. The molecule has 1 saturated carbocycles. The van der Waals surface area contributed by atoms with E-state index in [1.54, 1.807) is 12.5 Å². The van der Waals surface area contributed by atoms with Gasteiger partial charge in [0.2, 0.25) is 0 Å². The van der Waals surface area contributed by atoms with Crippen LogP contribution in [0, 0.1) is 28.6 Å². The molecule has 0 aromatic carbocycles. The fourth-order valence-corrected chi connectivity index (χ4v) is 6.33. The summed E-state index contributed by atoms with van der Waals surface area (Å²) in [6.45, 7) is 10.8. The second-order valence-electron chi connectivity index (χ2n) is 10.4. The zero-order valence-corrected chi connectivity index (χ0v) is 18.8. The average molecular weight is 415 g/mol. The third kappa shape index (κ3) is 3.40. The molecule has 6 atom stereocenters. The molecule has 30 heavy (non-hydrogen) atoms. The summed E-state index contributed by atoms with van der Waals surface area (Å²) in [4.78, 5) is 25.8. The lowest BCUT2D eigenvalue weighted by Crippen LogP contribution is -2.57. The minimum absolute atomic E-state index is 0.0158. The van der Waals surface area contributed by atoms with E-state index in [1.807, 2.05) is 26.0 Å². The molecule has 3 aliphatic rings. The molecule has 0 N–H and O–H groups in total. The lowest BCUT2D eigenvalue weighted by Gasteiger charge is -2.59. The molecular formula is C25H34O5. The van der Waals surface area contributed by atoms with Gasteiger partial charge in [0, 0.05) is 23.0 Å². The van der Waals surface area contributed by atoms with Gasteiger partial charge in [-0.25, -0.2) is 4.79 Å². The Kier molecular flexibility index (Phi) is 5.36. The first-order valence-electron chi connectivity index (χ1n) is 11.3. The average Bonchev–Trinajstić information content (AvgIpc) is 3.22. The van der Waals surface area contributed by atoms with E-state index >= 15 is 0 Å². The Balaban J connectivity index is 1.74. The van der Waals surface area contributed by atoms with Crippen molar-refractivity contribution in [3.63, 3.8) is 0 Å². The minimum Gasteiger partial charge on any atom is -0.472 e. The number of carbonyl (C=O) groups is 2. The topological polar surface area (TPSA) is 65.7 Å². The molecule has 2 fully saturated rings. The van der Waals surface area contributed by atoms with Crippen LogP contribution in [0.5, 0.6) is 0 Å². The highest BCUT2D eigenvalue weighted by molar-refractivity contribution is 5.91. The van der Waals surface area contributed by atoms with Gasteiger partial charge in [0.1, 0.15) is 12.2 Å². The molecule has 164 valence electrons. The molecule has 0 radical (unpaired) electrons. The van der Waals surface area contributed by atoms with Gasteiger partial charge in [-0.3, -0.25) is 4.79 Å². The van der Waals surface area contributed by atoms with Crippen LogP contribution in [0.1, 0.15) is 78.4 Å². The van der Waals surface area contributed by atoms with Crippen molar-refractivity contribution < 1.29 is 23.5 Å². The van der Waals surface area contributed by atoms with Gasteiger partial charge in [-0.1, -0.05) is 41.0 Å².